The minimum atomic E-state index is -0.413. The van der Waals surface area contributed by atoms with Gasteiger partial charge >= 0.3 is 0 Å². The minimum Gasteiger partial charge on any atom is -0.484 e. The molecule has 1 aromatic rings. The summed E-state index contributed by atoms with van der Waals surface area (Å²) < 4.78 is 18.8. The highest BCUT2D eigenvalue weighted by Gasteiger charge is 2.11. The van der Waals surface area contributed by atoms with Gasteiger partial charge in [-0.3, -0.25) is 4.79 Å². The van der Waals surface area contributed by atoms with Crippen molar-refractivity contribution in [2.75, 3.05) is 6.61 Å². The maximum atomic E-state index is 13.2. The predicted molar refractivity (Wildman–Crippen MR) is 72.0 cm³/mol. The number of rotatable bonds is 5. The van der Waals surface area contributed by atoms with Crippen LogP contribution >= 0.6 is 15.9 Å². The molecule has 18 heavy (non-hydrogen) atoms. The molecular weight excluding hydrogens is 301 g/mol. The Balaban J connectivity index is 2.45. The number of halogens is 2. The molecule has 1 atom stereocenters. The monoisotopic (exact) mass is 317 g/mol. The first-order valence-electron chi connectivity index (χ1n) is 5.77. The van der Waals surface area contributed by atoms with Crippen LogP contribution in [0.25, 0.3) is 0 Å². The second kappa shape index (κ2) is 6.73. The minimum absolute atomic E-state index is 0.0859. The summed E-state index contributed by atoms with van der Waals surface area (Å²) in [6.45, 7) is 5.87. The number of benzene rings is 1. The van der Waals surface area contributed by atoms with E-state index in [0.29, 0.717) is 16.1 Å². The summed E-state index contributed by atoms with van der Waals surface area (Å²) in [5.74, 6) is 0.0742. The van der Waals surface area contributed by atoms with Crippen LogP contribution < -0.4 is 10.1 Å². The fourth-order valence-electron chi connectivity index (χ4n) is 1.18. The first kappa shape index (κ1) is 15.0. The first-order valence-corrected chi connectivity index (χ1v) is 6.56. The van der Waals surface area contributed by atoms with Crippen LogP contribution in [0.4, 0.5) is 4.39 Å². The van der Waals surface area contributed by atoms with Gasteiger partial charge in [0.05, 0.1) is 4.47 Å². The second-order valence-corrected chi connectivity index (χ2v) is 5.32. The smallest absolute Gasteiger partial charge is 0.258 e. The molecule has 1 aromatic carbocycles. The van der Waals surface area contributed by atoms with E-state index in [4.69, 9.17) is 4.74 Å². The summed E-state index contributed by atoms with van der Waals surface area (Å²) in [6.07, 6.45) is 0. The maximum Gasteiger partial charge on any atom is 0.258 e. The van der Waals surface area contributed by atoms with E-state index in [9.17, 15) is 9.18 Å². The van der Waals surface area contributed by atoms with Gasteiger partial charge in [-0.05, 0) is 40.9 Å². The molecule has 1 unspecified atom stereocenters. The zero-order valence-corrected chi connectivity index (χ0v) is 12.3. The van der Waals surface area contributed by atoms with Crippen molar-refractivity contribution in [2.24, 2.45) is 5.92 Å². The fraction of sp³-hybridized carbons (Fsp3) is 0.462. The lowest BCUT2D eigenvalue weighted by atomic mass is 10.1. The van der Waals surface area contributed by atoms with E-state index < -0.39 is 5.82 Å². The molecule has 1 N–H and O–H groups in total. The molecule has 0 fully saturated rings. The summed E-state index contributed by atoms with van der Waals surface area (Å²) in [4.78, 5) is 11.5. The lowest BCUT2D eigenvalue weighted by Gasteiger charge is -2.17. The molecular formula is C13H17BrFNO2. The predicted octanol–water partition coefficient (Wildman–Crippen LogP) is 3.13. The molecule has 0 heterocycles. The van der Waals surface area contributed by atoms with Crippen LogP contribution in [0, 0.1) is 11.7 Å². The van der Waals surface area contributed by atoms with Crippen LogP contribution in [-0.4, -0.2) is 18.6 Å². The second-order valence-electron chi connectivity index (χ2n) is 4.46. The Kier molecular flexibility index (Phi) is 5.59. The Morgan fingerprint density at radius 1 is 1.44 bits per heavy atom. The summed E-state index contributed by atoms with van der Waals surface area (Å²) in [7, 11) is 0. The number of hydrogen-bond donors (Lipinski definition) is 1. The molecule has 0 aliphatic rings. The van der Waals surface area contributed by atoms with Crippen molar-refractivity contribution < 1.29 is 13.9 Å². The first-order chi connectivity index (χ1) is 8.40. The molecule has 0 spiro atoms. The van der Waals surface area contributed by atoms with Gasteiger partial charge in [0, 0.05) is 12.1 Å². The molecule has 0 aliphatic heterocycles. The van der Waals surface area contributed by atoms with Gasteiger partial charge < -0.3 is 10.1 Å². The van der Waals surface area contributed by atoms with E-state index in [0.717, 1.165) is 0 Å². The highest BCUT2D eigenvalue weighted by atomic mass is 79.9. The third kappa shape index (κ3) is 4.64. The van der Waals surface area contributed by atoms with Crippen molar-refractivity contribution >= 4 is 21.8 Å². The van der Waals surface area contributed by atoms with E-state index in [1.807, 2.05) is 20.8 Å². The number of carbonyl (C=O) groups excluding carboxylic acids is 1. The molecule has 0 radical (unpaired) electrons. The SMILES string of the molecule is CC(C)C(C)NC(=O)COc1ccc(Br)c(F)c1. The molecule has 3 nitrogen and oxygen atoms in total. The van der Waals surface area contributed by atoms with E-state index in [1.54, 1.807) is 12.1 Å². The topological polar surface area (TPSA) is 38.3 Å². The lowest BCUT2D eigenvalue weighted by molar-refractivity contribution is -0.124. The molecule has 0 aliphatic carbocycles. The summed E-state index contributed by atoms with van der Waals surface area (Å²) in [6, 6.07) is 4.47. The van der Waals surface area contributed by atoms with Crippen LogP contribution in [0.1, 0.15) is 20.8 Å². The third-order valence-corrected chi connectivity index (χ3v) is 3.29. The zero-order chi connectivity index (χ0) is 13.7. The van der Waals surface area contributed by atoms with Crippen LogP contribution in [-0.2, 0) is 4.79 Å². The van der Waals surface area contributed by atoms with Crippen molar-refractivity contribution in [3.05, 3.63) is 28.5 Å². The summed E-state index contributed by atoms with van der Waals surface area (Å²) in [5.41, 5.74) is 0. The molecule has 0 bridgehead atoms. The van der Waals surface area contributed by atoms with Crippen molar-refractivity contribution in [3.63, 3.8) is 0 Å². The van der Waals surface area contributed by atoms with Gasteiger partial charge in [-0.25, -0.2) is 4.39 Å². The number of carbonyl (C=O) groups is 1. The zero-order valence-electron chi connectivity index (χ0n) is 10.7. The van der Waals surface area contributed by atoms with Crippen molar-refractivity contribution in [2.45, 2.75) is 26.8 Å². The summed E-state index contributed by atoms with van der Waals surface area (Å²) >= 11 is 3.05. The number of nitrogens with one attached hydrogen (secondary N) is 1. The van der Waals surface area contributed by atoms with E-state index in [1.165, 1.54) is 6.07 Å². The average molecular weight is 318 g/mol. The Bertz CT molecular complexity index is 423. The summed E-state index contributed by atoms with van der Waals surface area (Å²) in [5, 5.41) is 2.81. The molecule has 0 saturated carbocycles. The van der Waals surface area contributed by atoms with Gasteiger partial charge in [0.1, 0.15) is 11.6 Å². The van der Waals surface area contributed by atoms with Crippen molar-refractivity contribution in [3.8, 4) is 5.75 Å². The highest BCUT2D eigenvalue weighted by molar-refractivity contribution is 9.10. The Labute approximate surface area is 115 Å². The van der Waals surface area contributed by atoms with Gasteiger partial charge in [0.25, 0.3) is 5.91 Å². The van der Waals surface area contributed by atoms with Gasteiger partial charge in [-0.15, -0.1) is 0 Å². The molecule has 1 rings (SSSR count). The van der Waals surface area contributed by atoms with E-state index in [-0.39, 0.29) is 18.6 Å². The van der Waals surface area contributed by atoms with Crippen molar-refractivity contribution in [1.82, 2.24) is 5.32 Å². The van der Waals surface area contributed by atoms with Crippen LogP contribution in [0.5, 0.6) is 5.75 Å². The average Bonchev–Trinajstić information content (AvgIpc) is 2.30. The third-order valence-electron chi connectivity index (χ3n) is 2.65. The van der Waals surface area contributed by atoms with Crippen LogP contribution in [0.15, 0.2) is 22.7 Å². The van der Waals surface area contributed by atoms with E-state index >= 15 is 0 Å². The van der Waals surface area contributed by atoms with Crippen LogP contribution in [0.3, 0.4) is 0 Å². The number of ether oxygens (including phenoxy) is 1. The standard InChI is InChI=1S/C13H17BrFNO2/c1-8(2)9(3)16-13(17)7-18-10-4-5-11(14)12(15)6-10/h4-6,8-9H,7H2,1-3H3,(H,16,17). The number of hydrogen-bond acceptors (Lipinski definition) is 2. The maximum absolute atomic E-state index is 13.2. The van der Waals surface area contributed by atoms with Crippen LogP contribution in [0.2, 0.25) is 0 Å². The van der Waals surface area contributed by atoms with Gasteiger partial charge in [0.2, 0.25) is 0 Å². The quantitative estimate of drug-likeness (QED) is 0.906. The van der Waals surface area contributed by atoms with Gasteiger partial charge in [-0.2, -0.15) is 0 Å². The molecule has 100 valence electrons. The van der Waals surface area contributed by atoms with Crippen molar-refractivity contribution in [1.29, 1.82) is 0 Å². The normalized spacial score (nSPS) is 12.3. The lowest BCUT2D eigenvalue weighted by Crippen LogP contribution is -2.38. The largest absolute Gasteiger partial charge is 0.484 e. The molecule has 5 heteroatoms. The highest BCUT2D eigenvalue weighted by Crippen LogP contribution is 2.20. The molecule has 0 aromatic heterocycles. The van der Waals surface area contributed by atoms with E-state index in [2.05, 4.69) is 21.2 Å². The Morgan fingerprint density at radius 2 is 2.11 bits per heavy atom. The Hall–Kier alpha value is -1.10. The Morgan fingerprint density at radius 3 is 2.67 bits per heavy atom. The molecule has 1 amide bonds. The van der Waals surface area contributed by atoms with Gasteiger partial charge in [0.15, 0.2) is 6.61 Å². The molecule has 0 saturated heterocycles. The number of amides is 1. The fourth-order valence-corrected chi connectivity index (χ4v) is 1.42. The van der Waals surface area contributed by atoms with Gasteiger partial charge in [-0.1, -0.05) is 13.8 Å².